The van der Waals surface area contributed by atoms with Gasteiger partial charge in [0.05, 0.1) is 0 Å². The van der Waals surface area contributed by atoms with Crippen molar-refractivity contribution in [3.8, 4) is 0 Å². The van der Waals surface area contributed by atoms with Gasteiger partial charge in [-0.15, -0.1) is 10.2 Å². The molecule has 0 bridgehead atoms. The van der Waals surface area contributed by atoms with Crippen molar-refractivity contribution in [1.82, 2.24) is 20.4 Å². The first-order valence-corrected chi connectivity index (χ1v) is 10.1. The number of nitrogens with one attached hydrogen (secondary N) is 2. The van der Waals surface area contributed by atoms with E-state index in [0.717, 1.165) is 43.3 Å². The fraction of sp³-hybridized carbons (Fsp3) is 0.474. The number of piperidine rings is 1. The molecular weight excluding hydrogens is 362 g/mol. The summed E-state index contributed by atoms with van der Waals surface area (Å²) in [5.74, 6) is 0.116. The molecule has 1 aromatic carbocycles. The minimum atomic E-state index is -0.364. The molecule has 0 spiro atoms. The van der Waals surface area contributed by atoms with Crippen LogP contribution >= 0.6 is 11.3 Å². The van der Waals surface area contributed by atoms with E-state index in [1.54, 1.807) is 12.1 Å². The van der Waals surface area contributed by atoms with Crippen molar-refractivity contribution in [2.45, 2.75) is 26.2 Å². The fourth-order valence-electron chi connectivity index (χ4n) is 3.18. The van der Waals surface area contributed by atoms with Crippen molar-refractivity contribution in [3.63, 3.8) is 0 Å². The van der Waals surface area contributed by atoms with Gasteiger partial charge in [-0.2, -0.15) is 0 Å². The zero-order valence-electron chi connectivity index (χ0n) is 15.5. The number of hydrogen-bond acceptors (Lipinski definition) is 6. The summed E-state index contributed by atoms with van der Waals surface area (Å²) in [5.41, 5.74) is 0.677. The average molecular weight is 388 g/mol. The number of rotatable bonds is 7. The maximum absolute atomic E-state index is 12.2. The maximum Gasteiger partial charge on any atom is 0.286 e. The van der Waals surface area contributed by atoms with E-state index >= 15 is 0 Å². The van der Waals surface area contributed by atoms with E-state index in [-0.39, 0.29) is 21.8 Å². The highest BCUT2D eigenvalue weighted by molar-refractivity contribution is 7.15. The molecule has 27 heavy (non-hydrogen) atoms. The molecule has 2 aromatic rings. The van der Waals surface area contributed by atoms with Gasteiger partial charge in [0.25, 0.3) is 11.8 Å². The smallest absolute Gasteiger partial charge is 0.286 e. The molecule has 0 saturated carbocycles. The summed E-state index contributed by atoms with van der Waals surface area (Å²) in [6.45, 7) is 6.16. The Morgan fingerprint density at radius 1 is 1.19 bits per heavy atom. The van der Waals surface area contributed by atoms with Gasteiger partial charge in [-0.1, -0.05) is 36.5 Å². The molecule has 2 heterocycles. The van der Waals surface area contributed by atoms with E-state index in [1.807, 2.05) is 18.2 Å². The molecule has 1 saturated heterocycles. The molecule has 7 nitrogen and oxygen atoms in total. The molecule has 2 N–H and O–H groups in total. The largest absolute Gasteiger partial charge is 0.350 e. The van der Waals surface area contributed by atoms with Crippen LogP contribution in [0.4, 0.5) is 5.69 Å². The number of amides is 2. The SMILES string of the molecule is CC1CCCN(CCCNC(=O)c2nnc(C(=O)Nc3ccccc3)s2)C1. The standard InChI is InChI=1S/C19H25N5O2S/c1-14-7-5-11-24(13-14)12-6-10-20-16(25)18-22-23-19(27-18)17(26)21-15-8-3-2-4-9-15/h2-4,8-9,14H,5-7,10-13H2,1H3,(H,20,25)(H,21,26). The second kappa shape index (κ2) is 9.57. The van der Waals surface area contributed by atoms with Crippen LogP contribution in [0.15, 0.2) is 30.3 Å². The summed E-state index contributed by atoms with van der Waals surface area (Å²) >= 11 is 0.998. The van der Waals surface area contributed by atoms with Gasteiger partial charge in [-0.3, -0.25) is 9.59 Å². The molecule has 1 aliphatic heterocycles. The number of para-hydroxylation sites is 1. The van der Waals surface area contributed by atoms with Crippen LogP contribution in [0.2, 0.25) is 0 Å². The van der Waals surface area contributed by atoms with Gasteiger partial charge in [-0.05, 0) is 50.4 Å². The third kappa shape index (κ3) is 5.83. The minimum absolute atomic E-state index is 0.173. The van der Waals surface area contributed by atoms with Crippen molar-refractivity contribution in [2.75, 3.05) is 31.5 Å². The van der Waals surface area contributed by atoms with E-state index in [1.165, 1.54) is 12.8 Å². The summed E-state index contributed by atoms with van der Waals surface area (Å²) in [7, 11) is 0. The van der Waals surface area contributed by atoms with Crippen molar-refractivity contribution in [3.05, 3.63) is 40.3 Å². The highest BCUT2D eigenvalue weighted by atomic mass is 32.1. The van der Waals surface area contributed by atoms with Gasteiger partial charge in [0.2, 0.25) is 10.0 Å². The van der Waals surface area contributed by atoms with Crippen LogP contribution < -0.4 is 10.6 Å². The maximum atomic E-state index is 12.2. The quantitative estimate of drug-likeness (QED) is 0.713. The molecule has 1 aliphatic rings. The second-order valence-corrected chi connectivity index (χ2v) is 7.87. The lowest BCUT2D eigenvalue weighted by atomic mass is 10.0. The number of aromatic nitrogens is 2. The molecule has 0 radical (unpaired) electrons. The first kappa shape index (κ1) is 19.4. The normalized spacial score (nSPS) is 17.4. The summed E-state index contributed by atoms with van der Waals surface area (Å²) < 4.78 is 0. The van der Waals surface area contributed by atoms with E-state index in [4.69, 9.17) is 0 Å². The van der Waals surface area contributed by atoms with Gasteiger partial charge < -0.3 is 15.5 Å². The predicted octanol–water partition coefficient (Wildman–Crippen LogP) is 2.64. The number of carbonyl (C=O) groups is 2. The van der Waals surface area contributed by atoms with Crippen molar-refractivity contribution in [2.24, 2.45) is 5.92 Å². The van der Waals surface area contributed by atoms with Gasteiger partial charge >= 0.3 is 0 Å². The van der Waals surface area contributed by atoms with Gasteiger partial charge in [0.1, 0.15) is 0 Å². The number of carbonyl (C=O) groups excluding carboxylic acids is 2. The van der Waals surface area contributed by atoms with Crippen LogP contribution in [-0.2, 0) is 0 Å². The molecule has 1 fully saturated rings. The van der Waals surface area contributed by atoms with Crippen LogP contribution in [0.3, 0.4) is 0 Å². The van der Waals surface area contributed by atoms with E-state index < -0.39 is 0 Å². The van der Waals surface area contributed by atoms with E-state index in [0.29, 0.717) is 12.2 Å². The molecular formula is C19H25N5O2S. The van der Waals surface area contributed by atoms with Gasteiger partial charge in [0, 0.05) is 18.8 Å². The zero-order chi connectivity index (χ0) is 19.1. The monoisotopic (exact) mass is 387 g/mol. The molecule has 8 heteroatoms. The third-order valence-corrected chi connectivity index (χ3v) is 5.44. The van der Waals surface area contributed by atoms with Crippen LogP contribution in [0.25, 0.3) is 0 Å². The first-order chi connectivity index (χ1) is 13.1. The summed E-state index contributed by atoms with van der Waals surface area (Å²) in [6.07, 6.45) is 3.47. The molecule has 1 unspecified atom stereocenters. The second-order valence-electron chi connectivity index (χ2n) is 6.89. The summed E-state index contributed by atoms with van der Waals surface area (Å²) in [6, 6.07) is 9.11. The van der Waals surface area contributed by atoms with Crippen molar-refractivity contribution < 1.29 is 9.59 Å². The summed E-state index contributed by atoms with van der Waals surface area (Å²) in [4.78, 5) is 26.8. The molecule has 1 atom stereocenters. The lowest BCUT2D eigenvalue weighted by molar-refractivity contribution is 0.0947. The lowest BCUT2D eigenvalue weighted by Crippen LogP contribution is -2.36. The van der Waals surface area contributed by atoms with Crippen LogP contribution in [-0.4, -0.2) is 53.1 Å². The fourth-order valence-corrected chi connectivity index (χ4v) is 3.84. The Morgan fingerprint density at radius 3 is 2.67 bits per heavy atom. The summed E-state index contributed by atoms with van der Waals surface area (Å²) in [5, 5.41) is 13.7. The number of hydrogen-bond donors (Lipinski definition) is 2. The topological polar surface area (TPSA) is 87.2 Å². The van der Waals surface area contributed by atoms with Crippen molar-refractivity contribution >= 4 is 28.8 Å². The Kier molecular flexibility index (Phi) is 6.89. The highest BCUT2D eigenvalue weighted by Crippen LogP contribution is 2.15. The molecule has 1 aromatic heterocycles. The average Bonchev–Trinajstić information content (AvgIpc) is 3.16. The number of nitrogens with zero attached hydrogens (tertiary/aromatic N) is 3. The van der Waals surface area contributed by atoms with E-state index in [9.17, 15) is 9.59 Å². The minimum Gasteiger partial charge on any atom is -0.350 e. The highest BCUT2D eigenvalue weighted by Gasteiger charge is 2.18. The Balaban J connectivity index is 1.42. The van der Waals surface area contributed by atoms with Crippen LogP contribution in [0, 0.1) is 5.92 Å². The zero-order valence-corrected chi connectivity index (χ0v) is 16.3. The van der Waals surface area contributed by atoms with Crippen molar-refractivity contribution in [1.29, 1.82) is 0 Å². The van der Waals surface area contributed by atoms with Gasteiger partial charge in [-0.25, -0.2) is 0 Å². The molecule has 144 valence electrons. The predicted molar refractivity (Wildman–Crippen MR) is 106 cm³/mol. The number of likely N-dealkylation sites (tertiary alicyclic amines) is 1. The Labute approximate surface area is 163 Å². The Bertz CT molecular complexity index is 764. The van der Waals surface area contributed by atoms with E-state index in [2.05, 4.69) is 32.7 Å². The van der Waals surface area contributed by atoms with Crippen LogP contribution in [0.5, 0.6) is 0 Å². The molecule has 0 aliphatic carbocycles. The third-order valence-electron chi connectivity index (χ3n) is 4.52. The Hall–Kier alpha value is -2.32. The number of benzene rings is 1. The first-order valence-electron chi connectivity index (χ1n) is 9.32. The molecule has 3 rings (SSSR count). The van der Waals surface area contributed by atoms with Crippen LogP contribution in [0.1, 0.15) is 45.8 Å². The van der Waals surface area contributed by atoms with Gasteiger partial charge in [0.15, 0.2) is 0 Å². The Morgan fingerprint density at radius 2 is 1.93 bits per heavy atom. The lowest BCUT2D eigenvalue weighted by Gasteiger charge is -2.30. The molecule has 2 amide bonds. The number of anilines is 1.